The predicted octanol–water partition coefficient (Wildman–Crippen LogP) is 1.08. The van der Waals surface area contributed by atoms with Crippen molar-refractivity contribution in [2.24, 2.45) is 0 Å². The molecule has 3 N–H and O–H groups in total. The van der Waals surface area contributed by atoms with Crippen LogP contribution < -0.4 is 11.1 Å². The maximum atomic E-state index is 5.55. The Bertz CT molecular complexity index is 206. The van der Waals surface area contributed by atoms with Crippen molar-refractivity contribution in [1.29, 1.82) is 0 Å². The molecule has 0 saturated heterocycles. The minimum absolute atomic E-state index is 0.759. The van der Waals surface area contributed by atoms with Crippen molar-refractivity contribution < 1.29 is 0 Å². The van der Waals surface area contributed by atoms with Crippen LogP contribution in [-0.4, -0.2) is 12.0 Å². The summed E-state index contributed by atoms with van der Waals surface area (Å²) >= 11 is 1.50. The van der Waals surface area contributed by atoms with Crippen LogP contribution in [0.2, 0.25) is 0 Å². The molecule has 0 bridgehead atoms. The molecule has 0 aliphatic carbocycles. The van der Waals surface area contributed by atoms with E-state index in [9.17, 15) is 0 Å². The van der Waals surface area contributed by atoms with Gasteiger partial charge in [-0.15, -0.1) is 11.3 Å². The lowest BCUT2D eigenvalue weighted by Gasteiger charge is -1.90. The maximum Gasteiger partial charge on any atom is 0.160 e. The molecule has 0 fully saturated rings. The molecule has 0 atom stereocenters. The Balaban J connectivity index is 3.01. The van der Waals surface area contributed by atoms with Gasteiger partial charge in [0.1, 0.15) is 5.00 Å². The highest BCUT2D eigenvalue weighted by Gasteiger charge is 2.00. The molecular weight excluding hydrogens is 134 g/mol. The SMILES string of the molecule is CNc1nc(C)sc1N. The lowest BCUT2D eigenvalue weighted by atomic mass is 10.7. The van der Waals surface area contributed by atoms with E-state index in [2.05, 4.69) is 10.3 Å². The maximum absolute atomic E-state index is 5.55. The highest BCUT2D eigenvalue weighted by atomic mass is 32.1. The van der Waals surface area contributed by atoms with E-state index in [4.69, 9.17) is 5.73 Å². The number of hydrogen-bond donors (Lipinski definition) is 2. The summed E-state index contributed by atoms with van der Waals surface area (Å²) in [6.07, 6.45) is 0. The normalized spacial score (nSPS) is 9.56. The monoisotopic (exact) mass is 143 g/mol. The molecule has 1 rings (SSSR count). The Morgan fingerprint density at radius 2 is 2.33 bits per heavy atom. The molecule has 9 heavy (non-hydrogen) atoms. The Kier molecular flexibility index (Phi) is 1.57. The number of nitrogens with zero attached hydrogens (tertiary/aromatic N) is 1. The van der Waals surface area contributed by atoms with E-state index in [0.717, 1.165) is 15.8 Å². The number of aryl methyl sites for hydroxylation is 1. The summed E-state index contributed by atoms with van der Waals surface area (Å²) in [6, 6.07) is 0. The van der Waals surface area contributed by atoms with E-state index in [0.29, 0.717) is 0 Å². The minimum atomic E-state index is 0.759. The van der Waals surface area contributed by atoms with Gasteiger partial charge in [0.25, 0.3) is 0 Å². The van der Waals surface area contributed by atoms with Gasteiger partial charge in [0.15, 0.2) is 5.82 Å². The van der Waals surface area contributed by atoms with Crippen molar-refractivity contribution in [3.8, 4) is 0 Å². The molecule has 3 nitrogen and oxygen atoms in total. The molecular formula is C5H9N3S. The zero-order valence-corrected chi connectivity index (χ0v) is 6.25. The van der Waals surface area contributed by atoms with Crippen molar-refractivity contribution in [1.82, 2.24) is 4.98 Å². The van der Waals surface area contributed by atoms with Crippen LogP contribution in [0.4, 0.5) is 10.8 Å². The Hall–Kier alpha value is -0.770. The first-order chi connectivity index (χ1) is 4.24. The van der Waals surface area contributed by atoms with Gasteiger partial charge >= 0.3 is 0 Å². The third-order valence-corrected chi connectivity index (χ3v) is 1.80. The van der Waals surface area contributed by atoms with Crippen LogP contribution in [0.15, 0.2) is 0 Å². The number of aromatic nitrogens is 1. The van der Waals surface area contributed by atoms with Crippen LogP contribution in [0.3, 0.4) is 0 Å². The quantitative estimate of drug-likeness (QED) is 0.618. The smallest absolute Gasteiger partial charge is 0.160 e. The van der Waals surface area contributed by atoms with E-state index in [1.54, 1.807) is 0 Å². The second-order valence-electron chi connectivity index (χ2n) is 1.70. The number of nitrogen functional groups attached to an aromatic ring is 1. The number of anilines is 2. The fraction of sp³-hybridized carbons (Fsp3) is 0.400. The van der Waals surface area contributed by atoms with E-state index in [1.807, 2.05) is 14.0 Å². The van der Waals surface area contributed by atoms with Crippen LogP contribution in [0, 0.1) is 6.92 Å². The van der Waals surface area contributed by atoms with Crippen molar-refractivity contribution in [2.45, 2.75) is 6.92 Å². The first-order valence-corrected chi connectivity index (χ1v) is 3.46. The predicted molar refractivity (Wildman–Crippen MR) is 40.8 cm³/mol. The zero-order chi connectivity index (χ0) is 6.85. The number of hydrogen-bond acceptors (Lipinski definition) is 4. The van der Waals surface area contributed by atoms with Gasteiger partial charge in [-0.25, -0.2) is 4.98 Å². The van der Waals surface area contributed by atoms with Crippen molar-refractivity contribution in [3.05, 3.63) is 5.01 Å². The third-order valence-electron chi connectivity index (χ3n) is 0.997. The van der Waals surface area contributed by atoms with Gasteiger partial charge in [-0.1, -0.05) is 0 Å². The summed E-state index contributed by atoms with van der Waals surface area (Å²) in [6.45, 7) is 1.93. The van der Waals surface area contributed by atoms with Gasteiger partial charge in [0.2, 0.25) is 0 Å². The molecule has 1 aromatic heterocycles. The van der Waals surface area contributed by atoms with E-state index >= 15 is 0 Å². The lowest BCUT2D eigenvalue weighted by Crippen LogP contribution is -1.91. The van der Waals surface area contributed by atoms with Crippen molar-refractivity contribution >= 4 is 22.2 Å². The second-order valence-corrected chi connectivity index (χ2v) is 2.93. The van der Waals surface area contributed by atoms with Crippen LogP contribution in [-0.2, 0) is 0 Å². The molecule has 0 unspecified atom stereocenters. The third kappa shape index (κ3) is 1.13. The Morgan fingerprint density at radius 1 is 1.67 bits per heavy atom. The number of nitrogens with one attached hydrogen (secondary N) is 1. The first-order valence-electron chi connectivity index (χ1n) is 2.64. The standard InChI is InChI=1S/C5H9N3S/c1-3-8-5(7-2)4(6)9-3/h7H,6H2,1-2H3. The molecule has 0 spiro atoms. The summed E-state index contributed by atoms with van der Waals surface area (Å²) in [5, 5.41) is 4.65. The molecule has 0 aromatic carbocycles. The zero-order valence-electron chi connectivity index (χ0n) is 5.43. The van der Waals surface area contributed by atoms with E-state index < -0.39 is 0 Å². The number of thiazole rings is 1. The molecule has 0 aliphatic rings. The number of nitrogens with two attached hydrogens (primary N) is 1. The first kappa shape index (κ1) is 6.35. The summed E-state index contributed by atoms with van der Waals surface area (Å²) < 4.78 is 0. The molecule has 0 aliphatic heterocycles. The highest BCUT2D eigenvalue weighted by Crippen LogP contribution is 2.23. The van der Waals surface area contributed by atoms with Crippen LogP contribution in [0.25, 0.3) is 0 Å². The van der Waals surface area contributed by atoms with Crippen LogP contribution in [0.1, 0.15) is 5.01 Å². The average molecular weight is 143 g/mol. The number of rotatable bonds is 1. The van der Waals surface area contributed by atoms with Gasteiger partial charge in [-0.2, -0.15) is 0 Å². The molecule has 1 aromatic rings. The largest absolute Gasteiger partial charge is 0.387 e. The van der Waals surface area contributed by atoms with Crippen LogP contribution >= 0.6 is 11.3 Å². The fourth-order valence-electron chi connectivity index (χ4n) is 0.622. The van der Waals surface area contributed by atoms with Crippen molar-refractivity contribution in [3.63, 3.8) is 0 Å². The topological polar surface area (TPSA) is 50.9 Å². The van der Waals surface area contributed by atoms with Crippen molar-refractivity contribution in [2.75, 3.05) is 18.1 Å². The fourth-order valence-corrected chi connectivity index (χ4v) is 1.32. The molecule has 0 radical (unpaired) electrons. The second kappa shape index (κ2) is 2.23. The van der Waals surface area contributed by atoms with E-state index in [1.165, 1.54) is 11.3 Å². The molecule has 0 amide bonds. The minimum Gasteiger partial charge on any atom is -0.387 e. The Morgan fingerprint density at radius 3 is 2.56 bits per heavy atom. The highest BCUT2D eigenvalue weighted by molar-refractivity contribution is 7.16. The molecule has 0 saturated carbocycles. The van der Waals surface area contributed by atoms with Gasteiger partial charge in [0, 0.05) is 7.05 Å². The van der Waals surface area contributed by atoms with Gasteiger partial charge in [0.05, 0.1) is 5.01 Å². The van der Waals surface area contributed by atoms with Gasteiger partial charge in [-0.3, -0.25) is 0 Å². The lowest BCUT2D eigenvalue weighted by molar-refractivity contribution is 1.27. The Labute approximate surface area is 57.9 Å². The summed E-state index contributed by atoms with van der Waals surface area (Å²) in [5.41, 5.74) is 5.55. The summed E-state index contributed by atoms with van der Waals surface area (Å²) in [7, 11) is 1.81. The summed E-state index contributed by atoms with van der Waals surface area (Å²) in [5.74, 6) is 0.789. The van der Waals surface area contributed by atoms with Crippen LogP contribution in [0.5, 0.6) is 0 Å². The average Bonchev–Trinajstić information content (AvgIpc) is 2.10. The molecule has 4 heteroatoms. The van der Waals surface area contributed by atoms with Gasteiger partial charge in [-0.05, 0) is 6.92 Å². The molecule has 50 valence electrons. The summed E-state index contributed by atoms with van der Waals surface area (Å²) in [4.78, 5) is 4.11. The molecule has 1 heterocycles. The van der Waals surface area contributed by atoms with E-state index in [-0.39, 0.29) is 0 Å². The van der Waals surface area contributed by atoms with Gasteiger partial charge < -0.3 is 11.1 Å².